The van der Waals surface area contributed by atoms with E-state index in [4.69, 9.17) is 4.74 Å². The summed E-state index contributed by atoms with van der Waals surface area (Å²) in [5.74, 6) is 0.329. The van der Waals surface area contributed by atoms with Crippen LogP contribution in [0.15, 0.2) is 47.4 Å². The first kappa shape index (κ1) is 19.1. The van der Waals surface area contributed by atoms with Crippen LogP contribution in [0.5, 0.6) is 11.5 Å². The van der Waals surface area contributed by atoms with Gasteiger partial charge in [-0.1, -0.05) is 18.2 Å². The molecule has 0 aromatic heterocycles. The molecule has 25 heavy (non-hydrogen) atoms. The molecule has 0 saturated carbocycles. The summed E-state index contributed by atoms with van der Waals surface area (Å²) in [6.45, 7) is -0.919. The predicted octanol–water partition coefficient (Wildman–Crippen LogP) is 3.13. The van der Waals surface area contributed by atoms with E-state index in [1.165, 1.54) is 25.3 Å². The monoisotopic (exact) mass is 371 g/mol. The molecule has 0 heterocycles. The Hall–Kier alpha value is -2.19. The van der Waals surface area contributed by atoms with Crippen molar-refractivity contribution >= 4 is 10.0 Å². The van der Waals surface area contributed by atoms with Gasteiger partial charge in [0, 0.05) is 6.54 Å². The van der Waals surface area contributed by atoms with Crippen LogP contribution in [-0.2, 0) is 16.4 Å². The van der Waals surface area contributed by atoms with Crippen molar-refractivity contribution in [1.82, 2.24) is 4.72 Å². The Morgan fingerprint density at radius 2 is 1.80 bits per heavy atom. The van der Waals surface area contributed by atoms with Crippen LogP contribution in [-0.4, -0.2) is 28.7 Å². The quantitative estimate of drug-likeness (QED) is 0.774. The van der Waals surface area contributed by atoms with E-state index in [1.54, 1.807) is 31.2 Å². The SMILES string of the molecule is COc1ccc(C)cc1S(=O)(=O)NCCc1ccc(OC(F)F)cc1. The van der Waals surface area contributed by atoms with Gasteiger partial charge in [0.2, 0.25) is 10.0 Å². The fourth-order valence-corrected chi connectivity index (χ4v) is 3.52. The van der Waals surface area contributed by atoms with Crippen LogP contribution in [0.25, 0.3) is 0 Å². The van der Waals surface area contributed by atoms with Crippen molar-refractivity contribution < 1.29 is 26.7 Å². The number of halogens is 2. The third-order valence-corrected chi connectivity index (χ3v) is 4.95. The Morgan fingerprint density at radius 3 is 2.40 bits per heavy atom. The van der Waals surface area contributed by atoms with Crippen molar-refractivity contribution in [3.05, 3.63) is 53.6 Å². The molecule has 0 unspecified atom stereocenters. The summed E-state index contributed by atoms with van der Waals surface area (Å²) in [5, 5.41) is 0. The van der Waals surface area contributed by atoms with Crippen LogP contribution in [0.4, 0.5) is 8.78 Å². The van der Waals surface area contributed by atoms with Crippen LogP contribution in [0.3, 0.4) is 0 Å². The summed E-state index contributed by atoms with van der Waals surface area (Å²) in [4.78, 5) is 0.0793. The molecular formula is C17H19F2NO4S. The van der Waals surface area contributed by atoms with Gasteiger partial charge in [0.05, 0.1) is 7.11 Å². The van der Waals surface area contributed by atoms with Crippen molar-refractivity contribution in [1.29, 1.82) is 0 Å². The maximum atomic E-state index is 12.4. The number of benzene rings is 2. The summed E-state index contributed by atoms with van der Waals surface area (Å²) in [6.07, 6.45) is 0.405. The van der Waals surface area contributed by atoms with Crippen LogP contribution >= 0.6 is 0 Å². The number of aryl methyl sites for hydroxylation is 1. The van der Waals surface area contributed by atoms with Gasteiger partial charge >= 0.3 is 6.61 Å². The highest BCUT2D eigenvalue weighted by atomic mass is 32.2. The molecule has 8 heteroatoms. The maximum Gasteiger partial charge on any atom is 0.387 e. The topological polar surface area (TPSA) is 64.6 Å². The fraction of sp³-hybridized carbons (Fsp3) is 0.294. The minimum absolute atomic E-state index is 0.0591. The molecule has 2 aromatic carbocycles. The first-order valence-corrected chi connectivity index (χ1v) is 8.98. The number of nitrogens with one attached hydrogen (secondary N) is 1. The second-order valence-corrected chi connectivity index (χ2v) is 7.06. The van der Waals surface area contributed by atoms with Gasteiger partial charge in [0.25, 0.3) is 0 Å². The molecule has 2 rings (SSSR count). The molecule has 0 saturated heterocycles. The molecule has 2 aromatic rings. The third kappa shape index (κ3) is 5.40. The Bertz CT molecular complexity index is 808. The number of alkyl halides is 2. The average molecular weight is 371 g/mol. The molecule has 0 spiro atoms. The Morgan fingerprint density at radius 1 is 1.12 bits per heavy atom. The van der Waals surface area contributed by atoms with Crippen molar-refractivity contribution in [3.63, 3.8) is 0 Å². The van der Waals surface area contributed by atoms with Gasteiger partial charge in [-0.2, -0.15) is 8.78 Å². The van der Waals surface area contributed by atoms with E-state index in [1.807, 2.05) is 0 Å². The summed E-state index contributed by atoms with van der Waals surface area (Å²) in [6, 6.07) is 11.0. The summed E-state index contributed by atoms with van der Waals surface area (Å²) < 4.78 is 60.9. The number of ether oxygens (including phenoxy) is 2. The summed E-state index contributed by atoms with van der Waals surface area (Å²) >= 11 is 0. The van der Waals surface area contributed by atoms with Crippen LogP contribution in [0.2, 0.25) is 0 Å². The Labute approximate surface area is 145 Å². The van der Waals surface area contributed by atoms with Crippen molar-refractivity contribution in [2.24, 2.45) is 0 Å². The lowest BCUT2D eigenvalue weighted by Crippen LogP contribution is -2.26. The lowest BCUT2D eigenvalue weighted by Gasteiger charge is -2.11. The van der Waals surface area contributed by atoms with Gasteiger partial charge in [-0.05, 0) is 48.7 Å². The number of hydrogen-bond donors (Lipinski definition) is 1. The number of rotatable bonds is 8. The number of methoxy groups -OCH3 is 1. The lowest BCUT2D eigenvalue weighted by molar-refractivity contribution is -0.0498. The van der Waals surface area contributed by atoms with Gasteiger partial charge in [0.1, 0.15) is 16.4 Å². The van der Waals surface area contributed by atoms with Crippen molar-refractivity contribution in [2.75, 3.05) is 13.7 Å². The standard InChI is InChI=1S/C17H19F2NO4S/c1-12-3-8-15(23-2)16(11-12)25(21,22)20-10-9-13-4-6-14(7-5-13)24-17(18)19/h3-8,11,17,20H,9-10H2,1-2H3. The molecule has 136 valence electrons. The molecule has 0 radical (unpaired) electrons. The van der Waals surface area contributed by atoms with Crippen molar-refractivity contribution in [3.8, 4) is 11.5 Å². The average Bonchev–Trinajstić information content (AvgIpc) is 2.56. The lowest BCUT2D eigenvalue weighted by atomic mass is 10.1. The third-order valence-electron chi connectivity index (χ3n) is 3.46. The highest BCUT2D eigenvalue weighted by Crippen LogP contribution is 2.24. The largest absolute Gasteiger partial charge is 0.495 e. The molecule has 1 N–H and O–H groups in total. The first-order valence-electron chi connectivity index (χ1n) is 7.50. The summed E-state index contributed by atoms with van der Waals surface area (Å²) in [7, 11) is -2.31. The maximum absolute atomic E-state index is 12.4. The second-order valence-electron chi connectivity index (χ2n) is 5.32. The van der Waals surface area contributed by atoms with E-state index in [0.717, 1.165) is 11.1 Å². The first-order chi connectivity index (χ1) is 11.8. The minimum Gasteiger partial charge on any atom is -0.495 e. The zero-order valence-electron chi connectivity index (χ0n) is 13.8. The minimum atomic E-state index is -3.72. The second kappa shape index (κ2) is 8.26. The molecule has 0 aliphatic carbocycles. The van der Waals surface area contributed by atoms with Crippen LogP contribution in [0, 0.1) is 6.92 Å². The molecular weight excluding hydrogens is 352 g/mol. The van der Waals surface area contributed by atoms with E-state index in [-0.39, 0.29) is 22.9 Å². The van der Waals surface area contributed by atoms with E-state index >= 15 is 0 Å². The van der Waals surface area contributed by atoms with E-state index < -0.39 is 16.6 Å². The van der Waals surface area contributed by atoms with E-state index in [9.17, 15) is 17.2 Å². The molecule has 0 bridgehead atoms. The van der Waals surface area contributed by atoms with Gasteiger partial charge < -0.3 is 9.47 Å². The predicted molar refractivity (Wildman–Crippen MR) is 89.7 cm³/mol. The Balaban J connectivity index is 2.00. The van der Waals surface area contributed by atoms with Gasteiger partial charge in [-0.15, -0.1) is 0 Å². The highest BCUT2D eigenvalue weighted by molar-refractivity contribution is 7.89. The normalized spacial score (nSPS) is 11.6. The van der Waals surface area contributed by atoms with E-state index in [2.05, 4.69) is 9.46 Å². The zero-order valence-corrected chi connectivity index (χ0v) is 14.6. The summed E-state index contributed by atoms with van der Waals surface area (Å²) in [5.41, 5.74) is 1.59. The molecule has 0 aliphatic rings. The molecule has 0 aliphatic heterocycles. The zero-order chi connectivity index (χ0) is 18.4. The molecule has 0 atom stereocenters. The molecule has 5 nitrogen and oxygen atoms in total. The van der Waals surface area contributed by atoms with Crippen LogP contribution in [0.1, 0.15) is 11.1 Å². The van der Waals surface area contributed by atoms with Gasteiger partial charge in [0.15, 0.2) is 0 Å². The van der Waals surface area contributed by atoms with Gasteiger partial charge in [-0.25, -0.2) is 13.1 Å². The smallest absolute Gasteiger partial charge is 0.387 e. The number of sulfonamides is 1. The number of hydrogen-bond acceptors (Lipinski definition) is 4. The van der Waals surface area contributed by atoms with E-state index in [0.29, 0.717) is 6.42 Å². The molecule has 0 fully saturated rings. The fourth-order valence-electron chi connectivity index (χ4n) is 2.24. The Kier molecular flexibility index (Phi) is 6.33. The van der Waals surface area contributed by atoms with Gasteiger partial charge in [-0.3, -0.25) is 0 Å². The van der Waals surface area contributed by atoms with Crippen LogP contribution < -0.4 is 14.2 Å². The molecule has 0 amide bonds. The van der Waals surface area contributed by atoms with Crippen molar-refractivity contribution in [2.45, 2.75) is 24.9 Å². The highest BCUT2D eigenvalue weighted by Gasteiger charge is 2.19.